The molecule has 26 heteroatoms. The molecule has 0 spiro atoms. The van der Waals surface area contributed by atoms with Gasteiger partial charge in [0, 0.05) is 233 Å². The maximum atomic E-state index is 4.64. The molecule has 0 radical (unpaired) electrons. The second-order valence-electron chi connectivity index (χ2n) is 45.6. The van der Waals surface area contributed by atoms with Crippen LogP contribution in [0.4, 0.5) is 0 Å². The second kappa shape index (κ2) is 48.2. The molecule has 0 atom stereocenters. The highest BCUT2D eigenvalue weighted by Crippen LogP contribution is 2.37. The van der Waals surface area contributed by atoms with Gasteiger partial charge in [0.2, 0.25) is 0 Å². The van der Waals surface area contributed by atoms with Gasteiger partial charge in [-0.25, -0.2) is 14.0 Å². The van der Waals surface area contributed by atoms with E-state index < -0.39 is 0 Å². The summed E-state index contributed by atoms with van der Waals surface area (Å²) in [4.78, 5) is 27.5. The van der Waals surface area contributed by atoms with Crippen LogP contribution in [0.25, 0.3) is 32.7 Å². The summed E-state index contributed by atoms with van der Waals surface area (Å²) in [6.07, 6.45) is 54.7. The van der Waals surface area contributed by atoms with E-state index in [9.17, 15) is 0 Å². The van der Waals surface area contributed by atoms with Crippen molar-refractivity contribution in [2.75, 3.05) is 33.2 Å². The smallest absolute Gasteiger partial charge is 0.0858 e. The average molecular weight is 1860 g/mol. The number of rotatable bonds is 9. The lowest BCUT2D eigenvalue weighted by Crippen LogP contribution is -2.33. The third kappa shape index (κ3) is 29.6. The molecule has 3 aliphatic heterocycles. The van der Waals surface area contributed by atoms with Crippen molar-refractivity contribution >= 4 is 32.7 Å². The number of aromatic nitrogens is 23. The Morgan fingerprint density at radius 3 is 1.43 bits per heavy atom. The summed E-state index contributed by atoms with van der Waals surface area (Å²) in [6, 6.07) is 10.2. The summed E-state index contributed by atoms with van der Waals surface area (Å²) in [5.41, 5.74) is 25.4. The van der Waals surface area contributed by atoms with Gasteiger partial charge < -0.3 is 25.2 Å². The van der Waals surface area contributed by atoms with Crippen LogP contribution in [0.2, 0.25) is 0 Å². The van der Waals surface area contributed by atoms with Gasteiger partial charge in [-0.1, -0.05) is 136 Å². The van der Waals surface area contributed by atoms with Crippen LogP contribution in [0.3, 0.4) is 0 Å². The molecule has 744 valence electrons. The summed E-state index contributed by atoms with van der Waals surface area (Å²) in [5.74, 6) is 2.52. The Bertz CT molecular complexity index is 5530. The molecule has 16 heterocycles. The van der Waals surface area contributed by atoms with Crippen LogP contribution in [0, 0.1) is 13.8 Å². The summed E-state index contributed by atoms with van der Waals surface area (Å²) in [6.45, 7) is 68.8. The first-order valence-electron chi connectivity index (χ1n) is 51.9. The van der Waals surface area contributed by atoms with Crippen molar-refractivity contribution in [3.63, 3.8) is 0 Å². The van der Waals surface area contributed by atoms with Gasteiger partial charge in [-0.3, -0.25) is 38.6 Å². The molecule has 3 fully saturated rings. The molecule has 26 nitrogen and oxygen atoms in total. The lowest BCUT2D eigenvalue weighted by atomic mass is 9.87. The van der Waals surface area contributed by atoms with Crippen LogP contribution in [-0.2, 0) is 79.2 Å². The normalized spacial score (nSPS) is 16.4. The molecule has 0 bridgehead atoms. The van der Waals surface area contributed by atoms with Crippen molar-refractivity contribution in [3.05, 3.63) is 195 Å². The first kappa shape index (κ1) is 107. The first-order valence-corrected chi connectivity index (χ1v) is 51.9. The molecule has 0 amide bonds. The maximum Gasteiger partial charge on any atom is 0.0858 e. The van der Waals surface area contributed by atoms with Crippen LogP contribution in [0.15, 0.2) is 105 Å². The second-order valence-corrected chi connectivity index (χ2v) is 45.6. The number of hydrogen-bond donors (Lipinski definition) is 4. The topological polar surface area (TPSA) is 268 Å². The monoisotopic (exact) mass is 1860 g/mol. The molecule has 7 aliphatic rings. The largest absolute Gasteiger partial charge is 0.361 e. The number of hydrogen-bond acceptors (Lipinski definition) is 16. The fourth-order valence-corrected chi connectivity index (χ4v) is 19.0. The van der Waals surface area contributed by atoms with Crippen molar-refractivity contribution < 1.29 is 0 Å². The number of H-pyrrole nitrogens is 3. The Kier molecular flexibility index (Phi) is 37.8. The predicted octanol–water partition coefficient (Wildman–Crippen LogP) is 25.0. The number of nitrogens with zero attached hydrogens (tertiary/aromatic N) is 22. The lowest BCUT2D eigenvalue weighted by Gasteiger charge is -2.29. The number of aromatic amines is 3. The van der Waals surface area contributed by atoms with E-state index in [0.717, 1.165) is 75.3 Å². The Hall–Kier alpha value is -9.79. The van der Waals surface area contributed by atoms with Crippen molar-refractivity contribution in [2.45, 2.75) is 430 Å². The van der Waals surface area contributed by atoms with E-state index in [1.807, 2.05) is 75.9 Å². The van der Waals surface area contributed by atoms with Crippen LogP contribution in [0.1, 0.15) is 427 Å². The summed E-state index contributed by atoms with van der Waals surface area (Å²) in [5, 5.41) is 50.4. The van der Waals surface area contributed by atoms with Gasteiger partial charge in [0.05, 0.1) is 81.4 Å². The number of nitrogens with one attached hydrogen (secondary N) is 4. The van der Waals surface area contributed by atoms with Crippen LogP contribution < -0.4 is 5.32 Å². The Labute approximate surface area is 815 Å². The molecule has 20 rings (SSSR count). The molecule has 136 heavy (non-hydrogen) atoms. The standard InChI is InChI=1S/C12H21N3.C12H16N2.4C11H19N3.2C11H14N2.C11H18N2.C9H15N3/c1-5-14-7-6-11-10(9-14)8-13-15(11)12(2,3)4;1-8-9-5-6-13-7-10(9)14-11(8)12(2,3)4;1-11(2,3)14-10-5-6-13(4)8-9(10)7-12-14;3*1-9(2)14-8-11(12-13-14)10-6-4-3-5-7-10;1-7(2)10-4-11-9(6-13-10)8(3)5-12-11;1-11(2,3)10-6-8-4-5-12-7-9(8)13-10;1-11(2,3)13-8-9-6-4-5-7-10(9)12-13;1-7(2)12-9-3-4-10-5-8(9)6-11-12/h8H,5-7,9H2,1-4H3;5-7,14H,1-4H3;7H,5-6,8H2,1-4H3;3*8-10H,3-7H2,1-2H3;4-7,12H,1-3H3;4-7,13H,1-3H3;8H,4-7H2,1-3H3;6-7,10H,3-5H2,1-2H3. The van der Waals surface area contributed by atoms with Gasteiger partial charge in [0.1, 0.15) is 0 Å². The zero-order chi connectivity index (χ0) is 98.6. The van der Waals surface area contributed by atoms with Crippen LogP contribution in [-0.4, -0.2) is 157 Å². The van der Waals surface area contributed by atoms with Crippen LogP contribution >= 0.6 is 0 Å². The molecular weight excluding hydrogens is 1690 g/mol. The van der Waals surface area contributed by atoms with E-state index in [0.29, 0.717) is 47.8 Å². The molecule has 4 aliphatic carbocycles. The van der Waals surface area contributed by atoms with Gasteiger partial charge in [0.25, 0.3) is 0 Å². The van der Waals surface area contributed by atoms with Crippen molar-refractivity contribution in [3.8, 4) is 0 Å². The molecule has 13 aromatic heterocycles. The molecule has 0 unspecified atom stereocenters. The number of aryl methyl sites for hydroxylation is 4. The quantitative estimate of drug-likeness (QED) is 0.105. The van der Waals surface area contributed by atoms with Gasteiger partial charge in [0.15, 0.2) is 0 Å². The van der Waals surface area contributed by atoms with E-state index in [1.165, 1.54) is 235 Å². The van der Waals surface area contributed by atoms with E-state index in [1.54, 1.807) is 0 Å². The summed E-state index contributed by atoms with van der Waals surface area (Å²) in [7, 11) is 2.16. The molecular formula is C110H174N26. The molecule has 0 saturated heterocycles. The third-order valence-corrected chi connectivity index (χ3v) is 27.3. The maximum absolute atomic E-state index is 4.64. The third-order valence-electron chi connectivity index (χ3n) is 27.3. The van der Waals surface area contributed by atoms with E-state index >= 15 is 0 Å². The highest BCUT2D eigenvalue weighted by Gasteiger charge is 2.30. The summed E-state index contributed by atoms with van der Waals surface area (Å²) < 4.78 is 14.5. The zero-order valence-corrected chi connectivity index (χ0v) is 89.3. The minimum absolute atomic E-state index is 0.113. The minimum Gasteiger partial charge on any atom is -0.361 e. The van der Waals surface area contributed by atoms with Crippen molar-refractivity contribution in [1.82, 2.24) is 129 Å². The molecule has 0 aromatic carbocycles. The molecule has 13 aromatic rings. The van der Waals surface area contributed by atoms with Crippen LogP contribution in [0.5, 0.6) is 0 Å². The Morgan fingerprint density at radius 2 is 0.963 bits per heavy atom. The first-order chi connectivity index (χ1) is 64.4. The highest BCUT2D eigenvalue weighted by molar-refractivity contribution is 5.84. The van der Waals surface area contributed by atoms with Gasteiger partial charge in [-0.15, -0.1) is 15.3 Å². The summed E-state index contributed by atoms with van der Waals surface area (Å²) >= 11 is 0. The lowest BCUT2D eigenvalue weighted by molar-refractivity contribution is 0.255. The SMILES string of the molecule is CC(C)(C)c1cc2ccncc2[nH]1.CC(C)(C)n1cc2c(n1)CCCC2.CC(C)n1cc(C2CCCCC2)nn1.CC(C)n1cc(C2CCCCC2)nn1.CC(C)n1cc(C2CCCCC2)nn1.CC(C)n1ncc2c1CCNC2.CCN1CCc2c(cnn2C(C)(C)C)C1.CN1CCc2c(cnn2C(C)(C)C)C1.Cc1c(C(C)(C)C)[nH]c2cnccc12.Cc1c[nH]c2cc(C(C)C)ncc12. The van der Waals surface area contributed by atoms with Crippen molar-refractivity contribution in [1.29, 1.82) is 0 Å². The predicted molar refractivity (Wildman–Crippen MR) is 559 cm³/mol. The number of fused-ring (bicyclic) bond motifs is 7. The fourth-order valence-electron chi connectivity index (χ4n) is 19.0. The van der Waals surface area contributed by atoms with E-state index in [4.69, 9.17) is 0 Å². The number of pyridine rings is 3. The Morgan fingerprint density at radius 1 is 0.456 bits per heavy atom. The zero-order valence-electron chi connectivity index (χ0n) is 89.3. The molecule has 4 N–H and O–H groups in total. The Balaban J connectivity index is 0.000000145. The highest BCUT2D eigenvalue weighted by atomic mass is 15.4. The van der Waals surface area contributed by atoms with E-state index in [2.05, 4.69) is 359 Å². The fraction of sp³-hybridized carbons (Fsp3) is 0.645. The van der Waals surface area contributed by atoms with E-state index in [-0.39, 0.29) is 27.4 Å². The number of likely N-dealkylation sites (N-methyl/N-ethyl adjacent to an activating group) is 2. The van der Waals surface area contributed by atoms with Crippen molar-refractivity contribution in [2.24, 2.45) is 0 Å². The molecule has 3 saturated carbocycles. The van der Waals surface area contributed by atoms with Gasteiger partial charge in [-0.2, -0.15) is 20.4 Å². The average Bonchev–Trinajstić information content (AvgIpc) is 1.66. The van der Waals surface area contributed by atoms with Gasteiger partial charge >= 0.3 is 0 Å². The minimum atomic E-state index is 0.113. The van der Waals surface area contributed by atoms with Gasteiger partial charge in [-0.05, 0) is 256 Å².